The summed E-state index contributed by atoms with van der Waals surface area (Å²) < 4.78 is 0. The Kier molecular flexibility index (Phi) is 2.91. The minimum atomic E-state index is -0.573. The van der Waals surface area contributed by atoms with Crippen molar-refractivity contribution in [2.45, 2.75) is 19.4 Å². The molecule has 1 aromatic carbocycles. The predicted octanol–water partition coefficient (Wildman–Crippen LogP) is 0.696. The number of nitrogens with zero attached hydrogens (tertiary/aromatic N) is 2. The van der Waals surface area contributed by atoms with Crippen molar-refractivity contribution < 1.29 is 9.59 Å². The van der Waals surface area contributed by atoms with Gasteiger partial charge in [-0.1, -0.05) is 18.2 Å². The third kappa shape index (κ3) is 2.18. The standard InChI is InChI=1S/C12H13N3O2/c1-8(16)10-7-11(12(13)17)15(14-10)9-5-3-2-4-6-9/h2-6,11H,7H2,1H3,(H2,13,17). The maximum Gasteiger partial charge on any atom is 0.242 e. The summed E-state index contributed by atoms with van der Waals surface area (Å²) >= 11 is 0. The first-order chi connectivity index (χ1) is 8.09. The van der Waals surface area contributed by atoms with Crippen LogP contribution in [-0.2, 0) is 9.59 Å². The summed E-state index contributed by atoms with van der Waals surface area (Å²) in [4.78, 5) is 22.6. The zero-order chi connectivity index (χ0) is 12.4. The number of para-hydroxylation sites is 1. The van der Waals surface area contributed by atoms with Crippen LogP contribution in [0.1, 0.15) is 13.3 Å². The second-order valence-electron chi connectivity index (χ2n) is 3.91. The van der Waals surface area contributed by atoms with Crippen LogP contribution in [0.5, 0.6) is 0 Å². The lowest BCUT2D eigenvalue weighted by molar-refractivity contribution is -0.119. The van der Waals surface area contributed by atoms with Gasteiger partial charge in [0.2, 0.25) is 5.91 Å². The van der Waals surface area contributed by atoms with E-state index in [0.29, 0.717) is 5.71 Å². The van der Waals surface area contributed by atoms with Crippen molar-refractivity contribution in [2.24, 2.45) is 10.8 Å². The molecule has 5 nitrogen and oxygen atoms in total. The first-order valence-corrected chi connectivity index (χ1v) is 5.31. The first kappa shape index (κ1) is 11.3. The average molecular weight is 231 g/mol. The van der Waals surface area contributed by atoms with Crippen molar-refractivity contribution in [1.29, 1.82) is 0 Å². The molecule has 17 heavy (non-hydrogen) atoms. The number of amides is 1. The molecular formula is C12H13N3O2. The number of Topliss-reactive ketones (excluding diaryl/α,β-unsaturated/α-hetero) is 1. The Morgan fingerprint density at radius 2 is 2.00 bits per heavy atom. The van der Waals surface area contributed by atoms with E-state index in [2.05, 4.69) is 5.10 Å². The van der Waals surface area contributed by atoms with Crippen LogP contribution in [0.25, 0.3) is 0 Å². The Labute approximate surface area is 98.9 Å². The zero-order valence-electron chi connectivity index (χ0n) is 9.46. The molecule has 0 fully saturated rings. The number of hydrogen-bond acceptors (Lipinski definition) is 4. The molecular weight excluding hydrogens is 218 g/mol. The second-order valence-corrected chi connectivity index (χ2v) is 3.91. The molecule has 2 rings (SSSR count). The lowest BCUT2D eigenvalue weighted by atomic mass is 10.1. The van der Waals surface area contributed by atoms with E-state index in [0.717, 1.165) is 5.69 Å². The van der Waals surface area contributed by atoms with E-state index in [9.17, 15) is 9.59 Å². The Morgan fingerprint density at radius 3 is 2.53 bits per heavy atom. The number of hydrazone groups is 1. The van der Waals surface area contributed by atoms with E-state index in [4.69, 9.17) is 5.73 Å². The van der Waals surface area contributed by atoms with Crippen molar-refractivity contribution in [1.82, 2.24) is 0 Å². The van der Waals surface area contributed by atoms with Gasteiger partial charge in [-0.05, 0) is 12.1 Å². The van der Waals surface area contributed by atoms with Crippen LogP contribution in [-0.4, -0.2) is 23.4 Å². The van der Waals surface area contributed by atoms with Crippen LogP contribution in [0.15, 0.2) is 35.4 Å². The summed E-state index contributed by atoms with van der Waals surface area (Å²) in [5.41, 5.74) is 6.47. The zero-order valence-corrected chi connectivity index (χ0v) is 9.46. The van der Waals surface area contributed by atoms with Crippen molar-refractivity contribution >= 4 is 23.1 Å². The van der Waals surface area contributed by atoms with E-state index in [1.807, 2.05) is 30.3 Å². The summed E-state index contributed by atoms with van der Waals surface area (Å²) in [7, 11) is 0. The molecule has 1 aliphatic rings. The van der Waals surface area contributed by atoms with Gasteiger partial charge in [-0.3, -0.25) is 14.6 Å². The Morgan fingerprint density at radius 1 is 1.35 bits per heavy atom. The number of nitrogens with two attached hydrogens (primary N) is 1. The van der Waals surface area contributed by atoms with Crippen molar-refractivity contribution in [2.75, 3.05) is 5.01 Å². The van der Waals surface area contributed by atoms with Gasteiger partial charge < -0.3 is 5.73 Å². The summed E-state index contributed by atoms with van der Waals surface area (Å²) in [6.45, 7) is 1.44. The molecule has 0 aromatic heterocycles. The lowest BCUT2D eigenvalue weighted by Crippen LogP contribution is -2.39. The second kappa shape index (κ2) is 4.37. The maximum absolute atomic E-state index is 11.3. The molecule has 0 saturated heterocycles. The molecule has 1 heterocycles. The number of benzene rings is 1. The molecule has 1 aromatic rings. The molecule has 1 amide bonds. The van der Waals surface area contributed by atoms with Crippen LogP contribution in [0.3, 0.4) is 0 Å². The first-order valence-electron chi connectivity index (χ1n) is 5.31. The molecule has 0 saturated carbocycles. The Hall–Kier alpha value is -2.17. The summed E-state index contributed by atoms with van der Waals surface area (Å²) in [5, 5.41) is 5.67. The van der Waals surface area contributed by atoms with Crippen molar-refractivity contribution in [3.05, 3.63) is 30.3 Å². The third-order valence-electron chi connectivity index (χ3n) is 2.67. The summed E-state index contributed by atoms with van der Waals surface area (Å²) in [6.07, 6.45) is 0.277. The molecule has 2 N–H and O–H groups in total. The van der Waals surface area contributed by atoms with Crippen LogP contribution >= 0.6 is 0 Å². The minimum Gasteiger partial charge on any atom is -0.368 e. The molecule has 0 radical (unpaired) electrons. The van der Waals surface area contributed by atoms with Crippen LogP contribution in [0.2, 0.25) is 0 Å². The highest BCUT2D eigenvalue weighted by Crippen LogP contribution is 2.24. The molecule has 0 aliphatic carbocycles. The quantitative estimate of drug-likeness (QED) is 0.831. The number of primary amides is 1. The largest absolute Gasteiger partial charge is 0.368 e. The van der Waals surface area contributed by atoms with E-state index >= 15 is 0 Å². The lowest BCUT2D eigenvalue weighted by Gasteiger charge is -2.20. The fraction of sp³-hybridized carbons (Fsp3) is 0.250. The molecule has 1 unspecified atom stereocenters. The fourth-order valence-electron chi connectivity index (χ4n) is 1.76. The SMILES string of the molecule is CC(=O)C1=NN(c2ccccc2)C(C(N)=O)C1. The van der Waals surface area contributed by atoms with Crippen molar-refractivity contribution in [3.8, 4) is 0 Å². The number of anilines is 1. The van der Waals surface area contributed by atoms with Crippen LogP contribution in [0.4, 0.5) is 5.69 Å². The molecule has 1 aliphatic heterocycles. The highest BCUT2D eigenvalue weighted by Gasteiger charge is 2.33. The maximum atomic E-state index is 11.3. The third-order valence-corrected chi connectivity index (χ3v) is 2.67. The smallest absolute Gasteiger partial charge is 0.242 e. The molecule has 5 heteroatoms. The van der Waals surface area contributed by atoms with E-state index in [-0.39, 0.29) is 12.2 Å². The van der Waals surface area contributed by atoms with Gasteiger partial charge in [0.05, 0.1) is 5.69 Å². The van der Waals surface area contributed by atoms with E-state index in [1.165, 1.54) is 11.9 Å². The molecule has 0 spiro atoms. The van der Waals surface area contributed by atoms with Crippen LogP contribution < -0.4 is 10.7 Å². The number of rotatable bonds is 3. The van der Waals surface area contributed by atoms with Gasteiger partial charge in [0.15, 0.2) is 5.78 Å². The van der Waals surface area contributed by atoms with E-state index < -0.39 is 11.9 Å². The number of carbonyl (C=O) groups is 2. The monoisotopic (exact) mass is 231 g/mol. The van der Waals surface area contributed by atoms with Gasteiger partial charge in [0.1, 0.15) is 11.8 Å². The minimum absolute atomic E-state index is 0.130. The number of ketones is 1. The Bertz CT molecular complexity index is 482. The van der Waals surface area contributed by atoms with Gasteiger partial charge in [-0.25, -0.2) is 0 Å². The topological polar surface area (TPSA) is 75.8 Å². The summed E-state index contributed by atoms with van der Waals surface area (Å²) in [6, 6.07) is 8.62. The number of hydrogen-bond donors (Lipinski definition) is 1. The van der Waals surface area contributed by atoms with Gasteiger partial charge in [-0.2, -0.15) is 5.10 Å². The highest BCUT2D eigenvalue weighted by atomic mass is 16.2. The number of carbonyl (C=O) groups excluding carboxylic acids is 2. The molecule has 1 atom stereocenters. The van der Waals surface area contributed by atoms with E-state index in [1.54, 1.807) is 0 Å². The normalized spacial score (nSPS) is 19.0. The highest BCUT2D eigenvalue weighted by molar-refractivity contribution is 6.40. The Balaban J connectivity index is 2.35. The van der Waals surface area contributed by atoms with Crippen molar-refractivity contribution in [3.63, 3.8) is 0 Å². The predicted molar refractivity (Wildman–Crippen MR) is 64.6 cm³/mol. The van der Waals surface area contributed by atoms with Gasteiger partial charge in [0, 0.05) is 13.3 Å². The summed E-state index contributed by atoms with van der Waals surface area (Å²) in [5.74, 6) is -0.608. The fourth-order valence-corrected chi connectivity index (χ4v) is 1.76. The van der Waals surface area contributed by atoms with Crippen LogP contribution in [0, 0.1) is 0 Å². The van der Waals surface area contributed by atoms with Gasteiger partial charge >= 0.3 is 0 Å². The van der Waals surface area contributed by atoms with Gasteiger partial charge in [-0.15, -0.1) is 0 Å². The average Bonchev–Trinajstić information content (AvgIpc) is 2.75. The molecule has 88 valence electrons. The van der Waals surface area contributed by atoms with Gasteiger partial charge in [0.25, 0.3) is 0 Å². The molecule has 0 bridgehead atoms.